The number of likely N-dealkylation sites (tertiary alicyclic amines) is 1. The molecule has 3 fully saturated rings. The molecule has 5 nitrogen and oxygen atoms in total. The van der Waals surface area contributed by atoms with Gasteiger partial charge in [0.15, 0.2) is 0 Å². The molecular weight excluding hydrogens is 338 g/mol. The van der Waals surface area contributed by atoms with Gasteiger partial charge in [0, 0.05) is 37.6 Å². The number of piperidine rings is 1. The molecule has 2 aliphatic heterocycles. The van der Waals surface area contributed by atoms with E-state index in [9.17, 15) is 9.90 Å². The van der Waals surface area contributed by atoms with Crippen molar-refractivity contribution < 1.29 is 9.90 Å². The fourth-order valence-corrected chi connectivity index (χ4v) is 5.05. The maximum absolute atomic E-state index is 13.3. The maximum Gasteiger partial charge on any atom is 0.230 e. The van der Waals surface area contributed by atoms with Gasteiger partial charge in [0.2, 0.25) is 5.91 Å². The van der Waals surface area contributed by atoms with E-state index < -0.39 is 0 Å². The van der Waals surface area contributed by atoms with Gasteiger partial charge in [-0.3, -0.25) is 4.79 Å². The van der Waals surface area contributed by atoms with Crippen molar-refractivity contribution in [3.8, 4) is 0 Å². The van der Waals surface area contributed by atoms with Crippen molar-refractivity contribution >= 4 is 23.2 Å². The summed E-state index contributed by atoms with van der Waals surface area (Å²) in [6.45, 7) is 2.60. The number of aliphatic hydroxyl groups excluding tert-OH is 1. The van der Waals surface area contributed by atoms with Crippen molar-refractivity contribution in [2.75, 3.05) is 24.5 Å². The second-order valence-electron chi connectivity index (χ2n) is 7.85. The highest BCUT2D eigenvalue weighted by Crippen LogP contribution is 2.43. The van der Waals surface area contributed by atoms with E-state index in [2.05, 4.69) is 14.8 Å². The third-order valence-electron chi connectivity index (χ3n) is 6.30. The Hall–Kier alpha value is -1.33. The molecule has 25 heavy (non-hydrogen) atoms. The lowest BCUT2D eigenvalue weighted by Gasteiger charge is -2.41. The number of aromatic nitrogens is 1. The average molecular weight is 364 g/mol. The Balaban J connectivity index is 1.49. The Kier molecular flexibility index (Phi) is 4.63. The Morgan fingerprint density at radius 1 is 1.20 bits per heavy atom. The molecule has 1 amide bonds. The number of carbonyl (C=O) groups is 1. The van der Waals surface area contributed by atoms with Gasteiger partial charge >= 0.3 is 0 Å². The molecule has 1 aromatic heterocycles. The fourth-order valence-electron chi connectivity index (χ4n) is 4.89. The minimum absolute atomic E-state index is 0.176. The SMILES string of the molecule is O=C1N([C@H]2CC[C@H](O)CC2)CCC12CCCN(c1ccnc(Cl)c1)C2. The van der Waals surface area contributed by atoms with Crippen LogP contribution < -0.4 is 4.90 Å². The Morgan fingerprint density at radius 2 is 2.00 bits per heavy atom. The first kappa shape index (κ1) is 17.1. The number of amides is 1. The second-order valence-corrected chi connectivity index (χ2v) is 8.24. The zero-order valence-electron chi connectivity index (χ0n) is 14.5. The van der Waals surface area contributed by atoms with Gasteiger partial charge < -0.3 is 14.9 Å². The predicted octanol–water partition coefficient (Wildman–Crippen LogP) is 2.86. The number of anilines is 1. The van der Waals surface area contributed by atoms with Crippen LogP contribution in [0.5, 0.6) is 0 Å². The van der Waals surface area contributed by atoms with Gasteiger partial charge in [-0.15, -0.1) is 0 Å². The maximum atomic E-state index is 13.3. The molecule has 1 aromatic rings. The first-order chi connectivity index (χ1) is 12.1. The van der Waals surface area contributed by atoms with Crippen LogP contribution in [0.2, 0.25) is 5.15 Å². The van der Waals surface area contributed by atoms with Crippen LogP contribution in [-0.2, 0) is 4.79 Å². The summed E-state index contributed by atoms with van der Waals surface area (Å²) in [6, 6.07) is 4.19. The van der Waals surface area contributed by atoms with Crippen LogP contribution in [0.4, 0.5) is 5.69 Å². The van der Waals surface area contributed by atoms with Crippen molar-refractivity contribution in [1.29, 1.82) is 0 Å². The van der Waals surface area contributed by atoms with Crippen molar-refractivity contribution in [3.05, 3.63) is 23.5 Å². The van der Waals surface area contributed by atoms with Crippen LogP contribution >= 0.6 is 11.6 Å². The molecule has 0 radical (unpaired) electrons. The van der Waals surface area contributed by atoms with Gasteiger partial charge in [-0.1, -0.05) is 11.6 Å². The molecule has 136 valence electrons. The van der Waals surface area contributed by atoms with Gasteiger partial charge in [-0.2, -0.15) is 0 Å². The smallest absolute Gasteiger partial charge is 0.230 e. The number of hydrogen-bond acceptors (Lipinski definition) is 4. The number of halogens is 1. The van der Waals surface area contributed by atoms with Gasteiger partial charge in [-0.25, -0.2) is 4.98 Å². The predicted molar refractivity (Wildman–Crippen MR) is 97.7 cm³/mol. The summed E-state index contributed by atoms with van der Waals surface area (Å²) in [6.07, 6.45) is 8.03. The first-order valence-electron chi connectivity index (χ1n) is 9.43. The number of pyridine rings is 1. The van der Waals surface area contributed by atoms with Crippen LogP contribution in [0, 0.1) is 5.41 Å². The molecule has 1 saturated carbocycles. The number of rotatable bonds is 2. The minimum Gasteiger partial charge on any atom is -0.393 e. The number of aliphatic hydroxyl groups is 1. The van der Waals surface area contributed by atoms with Crippen LogP contribution in [0.3, 0.4) is 0 Å². The molecule has 1 spiro atoms. The van der Waals surface area contributed by atoms with E-state index in [-0.39, 0.29) is 11.5 Å². The normalized spacial score (nSPS) is 33.3. The van der Waals surface area contributed by atoms with Crippen molar-refractivity contribution in [3.63, 3.8) is 0 Å². The van der Waals surface area contributed by atoms with Crippen LogP contribution in [0.25, 0.3) is 0 Å². The highest BCUT2D eigenvalue weighted by atomic mass is 35.5. The highest BCUT2D eigenvalue weighted by molar-refractivity contribution is 6.29. The van der Waals surface area contributed by atoms with Gasteiger partial charge in [0.1, 0.15) is 5.15 Å². The molecule has 3 aliphatic rings. The zero-order valence-corrected chi connectivity index (χ0v) is 15.3. The second kappa shape index (κ2) is 6.76. The lowest BCUT2D eigenvalue weighted by atomic mass is 9.78. The largest absolute Gasteiger partial charge is 0.393 e. The molecular formula is C19H26ClN3O2. The zero-order chi connectivity index (χ0) is 17.4. The Labute approximate surface area is 154 Å². The number of hydrogen-bond donors (Lipinski definition) is 1. The molecule has 6 heteroatoms. The molecule has 3 heterocycles. The van der Waals surface area contributed by atoms with Crippen molar-refractivity contribution in [1.82, 2.24) is 9.88 Å². The quantitative estimate of drug-likeness (QED) is 0.821. The average Bonchev–Trinajstić information content (AvgIpc) is 2.92. The molecule has 1 N–H and O–H groups in total. The van der Waals surface area contributed by atoms with Gasteiger partial charge in [0.05, 0.1) is 11.5 Å². The van der Waals surface area contributed by atoms with E-state index >= 15 is 0 Å². The summed E-state index contributed by atoms with van der Waals surface area (Å²) in [5.74, 6) is 0.332. The summed E-state index contributed by atoms with van der Waals surface area (Å²) >= 11 is 6.05. The van der Waals surface area contributed by atoms with E-state index in [4.69, 9.17) is 11.6 Å². The van der Waals surface area contributed by atoms with Crippen LogP contribution in [0.1, 0.15) is 44.9 Å². The Bertz CT molecular complexity index is 647. The third-order valence-corrected chi connectivity index (χ3v) is 6.51. The number of nitrogens with zero attached hydrogens (tertiary/aromatic N) is 3. The lowest BCUT2D eigenvalue weighted by molar-refractivity contribution is -0.139. The fraction of sp³-hybridized carbons (Fsp3) is 0.684. The van der Waals surface area contributed by atoms with Crippen LogP contribution in [0.15, 0.2) is 18.3 Å². The summed E-state index contributed by atoms with van der Waals surface area (Å²) in [7, 11) is 0. The monoisotopic (exact) mass is 363 g/mol. The summed E-state index contributed by atoms with van der Waals surface area (Å²) in [4.78, 5) is 21.8. The molecule has 2 saturated heterocycles. The van der Waals surface area contributed by atoms with Gasteiger partial charge in [0.25, 0.3) is 0 Å². The molecule has 4 rings (SSSR count). The van der Waals surface area contributed by atoms with Gasteiger partial charge in [-0.05, 0) is 57.1 Å². The van der Waals surface area contributed by atoms with E-state index in [1.165, 1.54) is 0 Å². The van der Waals surface area contributed by atoms with E-state index in [0.29, 0.717) is 17.1 Å². The third kappa shape index (κ3) is 3.24. The summed E-state index contributed by atoms with van der Waals surface area (Å²) in [5, 5.41) is 10.2. The molecule has 0 bridgehead atoms. The van der Waals surface area contributed by atoms with Crippen LogP contribution in [-0.4, -0.2) is 52.7 Å². The highest BCUT2D eigenvalue weighted by Gasteiger charge is 2.50. The minimum atomic E-state index is -0.246. The molecule has 1 atom stereocenters. The lowest BCUT2D eigenvalue weighted by Crippen LogP contribution is -2.50. The topological polar surface area (TPSA) is 56.7 Å². The number of carbonyl (C=O) groups excluding carboxylic acids is 1. The Morgan fingerprint density at radius 3 is 2.76 bits per heavy atom. The summed E-state index contributed by atoms with van der Waals surface area (Å²) in [5.41, 5.74) is 0.815. The van der Waals surface area contributed by atoms with E-state index in [1.54, 1.807) is 6.20 Å². The molecule has 0 aromatic carbocycles. The molecule has 1 aliphatic carbocycles. The van der Waals surface area contributed by atoms with Crippen molar-refractivity contribution in [2.24, 2.45) is 5.41 Å². The van der Waals surface area contributed by atoms with E-state index in [1.807, 2.05) is 12.1 Å². The van der Waals surface area contributed by atoms with E-state index in [0.717, 1.165) is 70.3 Å². The summed E-state index contributed by atoms with van der Waals surface area (Å²) < 4.78 is 0. The standard InChI is InChI=1S/C19H26ClN3O2/c20-17-12-15(6-9-21-17)22-10-1-7-19(13-22)8-11-23(18(19)25)14-2-4-16(24)5-3-14/h6,9,12,14,16,24H,1-5,7-8,10-11,13H2/t14-,16-,19?. The molecule has 1 unspecified atom stereocenters. The first-order valence-corrected chi connectivity index (χ1v) is 9.81. The van der Waals surface area contributed by atoms with Crippen molar-refractivity contribution in [2.45, 2.75) is 57.1 Å².